The summed E-state index contributed by atoms with van der Waals surface area (Å²) < 4.78 is 19.2. The molecule has 0 spiro atoms. The molecule has 0 saturated carbocycles. The van der Waals surface area contributed by atoms with Gasteiger partial charge in [-0.2, -0.15) is 0 Å². The monoisotopic (exact) mass is 396 g/mol. The SMILES string of the molecule is CC(=O)c1ccc(OCC2=NC(Cc3[nH]c4cc(F)ccc4c3C)CS2)cc1. The minimum atomic E-state index is -0.231. The number of benzene rings is 2. The van der Waals surface area contributed by atoms with E-state index in [4.69, 9.17) is 9.73 Å². The van der Waals surface area contributed by atoms with Crippen molar-refractivity contribution in [3.63, 3.8) is 0 Å². The number of fused-ring (bicyclic) bond motifs is 1. The molecule has 0 amide bonds. The highest BCUT2D eigenvalue weighted by Crippen LogP contribution is 2.27. The second-order valence-corrected chi connectivity index (χ2v) is 8.07. The number of rotatable bonds is 6. The highest BCUT2D eigenvalue weighted by atomic mass is 32.2. The lowest BCUT2D eigenvalue weighted by molar-refractivity contribution is 0.101. The van der Waals surface area contributed by atoms with Gasteiger partial charge in [0.1, 0.15) is 23.2 Å². The normalized spacial score (nSPS) is 16.4. The Labute approximate surface area is 167 Å². The number of Topliss-reactive ketones (excluding diaryl/α,β-unsaturated/α-hetero) is 1. The van der Waals surface area contributed by atoms with Crippen molar-refractivity contribution < 1.29 is 13.9 Å². The molecule has 3 aromatic rings. The molecular weight excluding hydrogens is 375 g/mol. The van der Waals surface area contributed by atoms with Crippen LogP contribution >= 0.6 is 11.8 Å². The lowest BCUT2D eigenvalue weighted by atomic mass is 10.1. The van der Waals surface area contributed by atoms with Crippen molar-refractivity contribution in [3.8, 4) is 5.75 Å². The number of H-pyrrole nitrogens is 1. The van der Waals surface area contributed by atoms with E-state index in [0.717, 1.165) is 45.1 Å². The number of thioether (sulfide) groups is 1. The van der Waals surface area contributed by atoms with E-state index in [2.05, 4.69) is 11.9 Å². The van der Waals surface area contributed by atoms with E-state index in [1.807, 2.05) is 6.07 Å². The first-order valence-corrected chi connectivity index (χ1v) is 10.2. The predicted octanol–water partition coefficient (Wildman–Crippen LogP) is 4.95. The third-order valence-corrected chi connectivity index (χ3v) is 6.06. The molecule has 1 atom stereocenters. The molecule has 1 unspecified atom stereocenters. The molecule has 144 valence electrons. The summed E-state index contributed by atoms with van der Waals surface area (Å²) in [6.45, 7) is 4.04. The fourth-order valence-electron chi connectivity index (χ4n) is 3.39. The topological polar surface area (TPSA) is 54.4 Å². The van der Waals surface area contributed by atoms with Gasteiger partial charge in [-0.3, -0.25) is 9.79 Å². The lowest BCUT2D eigenvalue weighted by Crippen LogP contribution is -2.09. The minimum absolute atomic E-state index is 0.0418. The molecule has 0 aliphatic carbocycles. The fourth-order valence-corrected chi connectivity index (χ4v) is 4.33. The van der Waals surface area contributed by atoms with Gasteiger partial charge in [-0.1, -0.05) is 0 Å². The van der Waals surface area contributed by atoms with E-state index >= 15 is 0 Å². The van der Waals surface area contributed by atoms with E-state index in [-0.39, 0.29) is 17.6 Å². The van der Waals surface area contributed by atoms with Crippen LogP contribution in [0.15, 0.2) is 47.5 Å². The van der Waals surface area contributed by atoms with Crippen molar-refractivity contribution in [1.29, 1.82) is 0 Å². The quantitative estimate of drug-likeness (QED) is 0.600. The van der Waals surface area contributed by atoms with Gasteiger partial charge in [-0.05, 0) is 61.9 Å². The molecule has 0 saturated heterocycles. The van der Waals surface area contributed by atoms with E-state index in [9.17, 15) is 9.18 Å². The van der Waals surface area contributed by atoms with Gasteiger partial charge in [0.2, 0.25) is 0 Å². The first-order chi connectivity index (χ1) is 13.5. The molecule has 0 fully saturated rings. The Morgan fingerprint density at radius 3 is 2.82 bits per heavy atom. The summed E-state index contributed by atoms with van der Waals surface area (Å²) in [7, 11) is 0. The summed E-state index contributed by atoms with van der Waals surface area (Å²) in [5.41, 5.74) is 3.77. The highest BCUT2D eigenvalue weighted by Gasteiger charge is 2.21. The average molecular weight is 396 g/mol. The molecule has 0 bridgehead atoms. The summed E-state index contributed by atoms with van der Waals surface area (Å²) >= 11 is 1.71. The van der Waals surface area contributed by atoms with Crippen LogP contribution in [0.5, 0.6) is 5.75 Å². The molecule has 28 heavy (non-hydrogen) atoms. The Morgan fingerprint density at radius 2 is 2.07 bits per heavy atom. The van der Waals surface area contributed by atoms with Crippen molar-refractivity contribution in [2.24, 2.45) is 4.99 Å². The summed E-state index contributed by atoms with van der Waals surface area (Å²) in [6, 6.07) is 12.2. The Balaban J connectivity index is 1.39. The summed E-state index contributed by atoms with van der Waals surface area (Å²) in [4.78, 5) is 19.4. The molecule has 1 aromatic heterocycles. The summed E-state index contributed by atoms with van der Waals surface area (Å²) in [5.74, 6) is 1.45. The molecule has 2 aromatic carbocycles. The first-order valence-electron chi connectivity index (χ1n) is 9.19. The maximum absolute atomic E-state index is 13.4. The number of ketones is 1. The van der Waals surface area contributed by atoms with Gasteiger partial charge < -0.3 is 9.72 Å². The van der Waals surface area contributed by atoms with Gasteiger partial charge in [0.25, 0.3) is 0 Å². The number of aromatic nitrogens is 1. The van der Waals surface area contributed by atoms with Gasteiger partial charge in [0.05, 0.1) is 6.04 Å². The fraction of sp³-hybridized carbons (Fsp3) is 0.273. The molecule has 1 N–H and O–H groups in total. The molecule has 0 radical (unpaired) electrons. The van der Waals surface area contributed by atoms with E-state index < -0.39 is 0 Å². The molecular formula is C22H21FN2O2S. The maximum atomic E-state index is 13.4. The number of hydrogen-bond donors (Lipinski definition) is 1. The molecule has 4 nitrogen and oxygen atoms in total. The van der Waals surface area contributed by atoms with E-state index in [1.54, 1.807) is 43.0 Å². The molecule has 1 aliphatic rings. The van der Waals surface area contributed by atoms with Crippen LogP contribution in [0.4, 0.5) is 4.39 Å². The van der Waals surface area contributed by atoms with Crippen molar-refractivity contribution >= 4 is 33.5 Å². The number of aryl methyl sites for hydroxylation is 1. The van der Waals surface area contributed by atoms with Crippen LogP contribution in [0.3, 0.4) is 0 Å². The largest absolute Gasteiger partial charge is 0.487 e. The van der Waals surface area contributed by atoms with Gasteiger partial charge in [-0.25, -0.2) is 4.39 Å². The number of carbonyl (C=O) groups is 1. The number of halogens is 1. The van der Waals surface area contributed by atoms with Crippen LogP contribution in [0.1, 0.15) is 28.5 Å². The second-order valence-electron chi connectivity index (χ2n) is 6.98. The average Bonchev–Trinajstić information content (AvgIpc) is 3.25. The van der Waals surface area contributed by atoms with Crippen molar-refractivity contribution in [3.05, 3.63) is 65.1 Å². The van der Waals surface area contributed by atoms with Crippen LogP contribution in [0.25, 0.3) is 10.9 Å². The zero-order valence-corrected chi connectivity index (χ0v) is 16.6. The number of nitrogens with one attached hydrogen (secondary N) is 1. The maximum Gasteiger partial charge on any atom is 0.159 e. The van der Waals surface area contributed by atoms with Crippen molar-refractivity contribution in [2.75, 3.05) is 12.4 Å². The Morgan fingerprint density at radius 1 is 1.29 bits per heavy atom. The molecule has 6 heteroatoms. The highest BCUT2D eigenvalue weighted by molar-refractivity contribution is 8.14. The number of carbonyl (C=O) groups excluding carboxylic acids is 1. The van der Waals surface area contributed by atoms with Gasteiger partial charge in [-0.15, -0.1) is 11.8 Å². The minimum Gasteiger partial charge on any atom is -0.487 e. The summed E-state index contributed by atoms with van der Waals surface area (Å²) in [6.07, 6.45) is 0.798. The third-order valence-electron chi connectivity index (χ3n) is 4.96. The van der Waals surface area contributed by atoms with E-state index in [1.165, 1.54) is 12.1 Å². The predicted molar refractivity (Wildman–Crippen MR) is 112 cm³/mol. The zero-order valence-electron chi connectivity index (χ0n) is 15.8. The van der Waals surface area contributed by atoms with Crippen molar-refractivity contribution in [1.82, 2.24) is 4.98 Å². The Bertz CT molecular complexity index is 1060. The number of aromatic amines is 1. The number of hydrogen-bond acceptors (Lipinski definition) is 4. The first kappa shape index (κ1) is 18.7. The van der Waals surface area contributed by atoms with Crippen LogP contribution in [0, 0.1) is 12.7 Å². The molecule has 2 heterocycles. The van der Waals surface area contributed by atoms with Crippen LogP contribution in [-0.4, -0.2) is 34.2 Å². The van der Waals surface area contributed by atoms with E-state index in [0.29, 0.717) is 12.2 Å². The zero-order chi connectivity index (χ0) is 19.7. The number of ether oxygens (including phenoxy) is 1. The van der Waals surface area contributed by atoms with Crippen LogP contribution in [0.2, 0.25) is 0 Å². The van der Waals surface area contributed by atoms with Gasteiger partial charge >= 0.3 is 0 Å². The Kier molecular flexibility index (Phi) is 5.22. The van der Waals surface area contributed by atoms with Crippen molar-refractivity contribution in [2.45, 2.75) is 26.3 Å². The van der Waals surface area contributed by atoms with Crippen LogP contribution < -0.4 is 4.74 Å². The molecule has 4 rings (SSSR count). The third kappa shape index (κ3) is 3.97. The lowest BCUT2D eigenvalue weighted by Gasteiger charge is -2.06. The van der Waals surface area contributed by atoms with Gasteiger partial charge in [0.15, 0.2) is 5.78 Å². The number of aliphatic imine (C=N–C) groups is 1. The standard InChI is InChI=1S/C22H21FN2O2S/c1-13-19-8-5-16(23)9-21(19)25-20(13)10-17-12-28-22(24-17)11-27-18-6-3-15(4-7-18)14(2)26/h3-9,17,25H,10-12H2,1-2H3. The van der Waals surface area contributed by atoms with Crippen LogP contribution in [-0.2, 0) is 6.42 Å². The Hall–Kier alpha value is -2.60. The second kappa shape index (κ2) is 7.80. The smallest absolute Gasteiger partial charge is 0.159 e. The molecule has 1 aliphatic heterocycles. The summed E-state index contributed by atoms with van der Waals surface area (Å²) in [5, 5.41) is 2.03. The van der Waals surface area contributed by atoms with Gasteiger partial charge in [0, 0.05) is 34.3 Å². The number of nitrogens with zero attached hydrogens (tertiary/aromatic N) is 1.